The number of hydrogen-bond donors (Lipinski definition) is 3. The van der Waals surface area contributed by atoms with Crippen molar-refractivity contribution < 1.29 is 9.90 Å². The lowest BCUT2D eigenvalue weighted by atomic mass is 9.96. The van der Waals surface area contributed by atoms with Crippen molar-refractivity contribution in [2.24, 2.45) is 0 Å². The molecule has 17 heavy (non-hydrogen) atoms. The van der Waals surface area contributed by atoms with Gasteiger partial charge in [-0.3, -0.25) is 4.79 Å². The molecule has 92 valence electrons. The number of benzene rings is 1. The fourth-order valence-corrected chi connectivity index (χ4v) is 2.23. The van der Waals surface area contributed by atoms with Crippen LogP contribution in [-0.2, 0) is 11.4 Å². The molecule has 0 bridgehead atoms. The molecular weight excluding hydrogens is 216 g/mol. The van der Waals surface area contributed by atoms with E-state index in [9.17, 15) is 4.79 Å². The van der Waals surface area contributed by atoms with Crippen molar-refractivity contribution >= 4 is 11.6 Å². The molecular formula is C13H18N2O2. The summed E-state index contributed by atoms with van der Waals surface area (Å²) in [7, 11) is 0. The Morgan fingerprint density at radius 2 is 2.41 bits per heavy atom. The first kappa shape index (κ1) is 11.9. The zero-order valence-electron chi connectivity index (χ0n) is 9.99. The van der Waals surface area contributed by atoms with Crippen molar-refractivity contribution in [2.45, 2.75) is 25.9 Å². The van der Waals surface area contributed by atoms with E-state index in [0.717, 1.165) is 24.2 Å². The van der Waals surface area contributed by atoms with Gasteiger partial charge in [0.2, 0.25) is 5.91 Å². The molecule has 1 aliphatic rings. The maximum absolute atomic E-state index is 10.8. The van der Waals surface area contributed by atoms with Crippen LogP contribution >= 0.6 is 0 Å². The van der Waals surface area contributed by atoms with Gasteiger partial charge in [0.05, 0.1) is 6.61 Å². The molecule has 1 heterocycles. The van der Waals surface area contributed by atoms with E-state index in [1.54, 1.807) is 0 Å². The van der Waals surface area contributed by atoms with Crippen molar-refractivity contribution in [1.29, 1.82) is 0 Å². The van der Waals surface area contributed by atoms with E-state index in [-0.39, 0.29) is 12.5 Å². The number of carbonyl (C=O) groups excluding carboxylic acids is 1. The fraction of sp³-hybridized carbons (Fsp3) is 0.462. The lowest BCUT2D eigenvalue weighted by Gasteiger charge is -2.11. The summed E-state index contributed by atoms with van der Waals surface area (Å²) in [6.07, 6.45) is 0.925. The van der Waals surface area contributed by atoms with Crippen LogP contribution in [0.3, 0.4) is 0 Å². The topological polar surface area (TPSA) is 61.4 Å². The van der Waals surface area contributed by atoms with E-state index >= 15 is 0 Å². The summed E-state index contributed by atoms with van der Waals surface area (Å²) < 4.78 is 0. The summed E-state index contributed by atoms with van der Waals surface area (Å²) in [6, 6.07) is 6.00. The molecule has 1 unspecified atom stereocenters. The minimum atomic E-state index is 0.0142. The van der Waals surface area contributed by atoms with Crippen LogP contribution in [0.1, 0.15) is 30.4 Å². The van der Waals surface area contributed by atoms with Crippen LogP contribution in [0.4, 0.5) is 5.69 Å². The Morgan fingerprint density at radius 3 is 3.12 bits per heavy atom. The number of fused-ring (bicyclic) bond motifs is 1. The largest absolute Gasteiger partial charge is 0.392 e. The standard InChI is InChI=1S/C13H18N2O2/c1-9(17)14-5-4-11-7-15-13-3-2-10(8-16)6-12(11)13/h2-3,6,11,15-16H,4-5,7-8H2,1H3,(H,14,17). The Morgan fingerprint density at radius 1 is 1.59 bits per heavy atom. The molecule has 0 fully saturated rings. The first-order valence-electron chi connectivity index (χ1n) is 5.92. The number of aliphatic hydroxyl groups is 1. The molecule has 0 saturated heterocycles. The van der Waals surface area contributed by atoms with Gasteiger partial charge in [-0.05, 0) is 23.6 Å². The number of anilines is 1. The number of nitrogens with one attached hydrogen (secondary N) is 2. The fourth-order valence-electron chi connectivity index (χ4n) is 2.23. The molecule has 2 rings (SSSR count). The molecule has 1 atom stereocenters. The number of hydrogen-bond acceptors (Lipinski definition) is 3. The molecule has 4 nitrogen and oxygen atoms in total. The van der Waals surface area contributed by atoms with Crippen LogP contribution in [-0.4, -0.2) is 24.1 Å². The maximum atomic E-state index is 10.8. The van der Waals surface area contributed by atoms with Crippen LogP contribution in [0, 0.1) is 0 Å². The van der Waals surface area contributed by atoms with Gasteiger partial charge in [-0.15, -0.1) is 0 Å². The third kappa shape index (κ3) is 2.77. The summed E-state index contributed by atoms with van der Waals surface area (Å²) in [4.78, 5) is 10.8. The average molecular weight is 234 g/mol. The minimum Gasteiger partial charge on any atom is -0.392 e. The van der Waals surface area contributed by atoms with Crippen molar-refractivity contribution in [3.8, 4) is 0 Å². The average Bonchev–Trinajstić information content (AvgIpc) is 2.71. The van der Waals surface area contributed by atoms with E-state index in [1.807, 2.05) is 18.2 Å². The van der Waals surface area contributed by atoms with Gasteiger partial charge >= 0.3 is 0 Å². The Balaban J connectivity index is 2.02. The summed E-state index contributed by atoms with van der Waals surface area (Å²) in [6.45, 7) is 3.21. The predicted octanol–water partition coefficient (Wildman–Crippen LogP) is 1.21. The van der Waals surface area contributed by atoms with Gasteiger partial charge in [0.25, 0.3) is 0 Å². The maximum Gasteiger partial charge on any atom is 0.216 e. The summed E-state index contributed by atoms with van der Waals surface area (Å²) in [5.74, 6) is 0.434. The third-order valence-electron chi connectivity index (χ3n) is 3.14. The molecule has 4 heteroatoms. The zero-order chi connectivity index (χ0) is 12.3. The second-order valence-electron chi connectivity index (χ2n) is 4.43. The van der Waals surface area contributed by atoms with Crippen molar-refractivity contribution in [3.05, 3.63) is 29.3 Å². The molecule has 0 spiro atoms. The molecule has 1 aliphatic heterocycles. The van der Waals surface area contributed by atoms with E-state index < -0.39 is 0 Å². The highest BCUT2D eigenvalue weighted by Crippen LogP contribution is 2.33. The van der Waals surface area contributed by atoms with Crippen LogP contribution in [0.5, 0.6) is 0 Å². The predicted molar refractivity (Wildman–Crippen MR) is 66.9 cm³/mol. The molecule has 0 saturated carbocycles. The normalized spacial score (nSPS) is 17.4. The minimum absolute atomic E-state index is 0.0142. The molecule has 0 aromatic heterocycles. The van der Waals surface area contributed by atoms with E-state index in [4.69, 9.17) is 5.11 Å². The first-order valence-corrected chi connectivity index (χ1v) is 5.92. The Hall–Kier alpha value is -1.55. The van der Waals surface area contributed by atoms with E-state index in [0.29, 0.717) is 12.5 Å². The van der Waals surface area contributed by atoms with Crippen LogP contribution in [0.15, 0.2) is 18.2 Å². The molecule has 1 aromatic carbocycles. The third-order valence-corrected chi connectivity index (χ3v) is 3.14. The van der Waals surface area contributed by atoms with Crippen LogP contribution < -0.4 is 10.6 Å². The van der Waals surface area contributed by atoms with Crippen LogP contribution in [0.2, 0.25) is 0 Å². The van der Waals surface area contributed by atoms with Gasteiger partial charge in [-0.2, -0.15) is 0 Å². The monoisotopic (exact) mass is 234 g/mol. The Kier molecular flexibility index (Phi) is 3.64. The molecule has 0 radical (unpaired) electrons. The van der Waals surface area contributed by atoms with Crippen molar-refractivity contribution in [3.63, 3.8) is 0 Å². The Labute approximate surface area is 101 Å². The van der Waals surface area contributed by atoms with E-state index in [2.05, 4.69) is 10.6 Å². The summed E-state index contributed by atoms with van der Waals surface area (Å²) >= 11 is 0. The highest BCUT2D eigenvalue weighted by atomic mass is 16.3. The van der Waals surface area contributed by atoms with Gasteiger partial charge < -0.3 is 15.7 Å². The lowest BCUT2D eigenvalue weighted by molar-refractivity contribution is -0.118. The first-order chi connectivity index (χ1) is 8.20. The zero-order valence-corrected chi connectivity index (χ0v) is 9.99. The van der Waals surface area contributed by atoms with Gasteiger partial charge in [0.1, 0.15) is 0 Å². The molecule has 1 aromatic rings. The van der Waals surface area contributed by atoms with Crippen LogP contribution in [0.25, 0.3) is 0 Å². The van der Waals surface area contributed by atoms with Gasteiger partial charge in [-0.1, -0.05) is 12.1 Å². The SMILES string of the molecule is CC(=O)NCCC1CNc2ccc(CO)cc21. The highest BCUT2D eigenvalue weighted by molar-refractivity contribution is 5.72. The lowest BCUT2D eigenvalue weighted by Crippen LogP contribution is -2.22. The number of aliphatic hydroxyl groups excluding tert-OH is 1. The molecule has 3 N–H and O–H groups in total. The van der Waals surface area contributed by atoms with Gasteiger partial charge in [-0.25, -0.2) is 0 Å². The number of amides is 1. The second kappa shape index (κ2) is 5.19. The van der Waals surface area contributed by atoms with Crippen molar-refractivity contribution in [1.82, 2.24) is 5.32 Å². The second-order valence-corrected chi connectivity index (χ2v) is 4.43. The number of rotatable bonds is 4. The Bertz CT molecular complexity index is 418. The molecule has 0 aliphatic carbocycles. The smallest absolute Gasteiger partial charge is 0.216 e. The highest BCUT2D eigenvalue weighted by Gasteiger charge is 2.21. The molecule has 1 amide bonds. The quantitative estimate of drug-likeness (QED) is 0.734. The van der Waals surface area contributed by atoms with E-state index in [1.165, 1.54) is 12.5 Å². The summed E-state index contributed by atoms with van der Waals surface area (Å²) in [5, 5.41) is 15.3. The van der Waals surface area contributed by atoms with Crippen molar-refractivity contribution in [2.75, 3.05) is 18.4 Å². The summed E-state index contributed by atoms with van der Waals surface area (Å²) in [5.41, 5.74) is 3.34. The van der Waals surface area contributed by atoms with Gasteiger partial charge in [0, 0.05) is 31.6 Å². The van der Waals surface area contributed by atoms with Gasteiger partial charge in [0.15, 0.2) is 0 Å². The number of carbonyl (C=O) groups is 1.